The summed E-state index contributed by atoms with van der Waals surface area (Å²) in [6.07, 6.45) is 0. The third-order valence-corrected chi connectivity index (χ3v) is 6.45. The maximum atomic E-state index is 12.8. The molecule has 0 saturated carbocycles. The van der Waals surface area contributed by atoms with Gasteiger partial charge in [0.1, 0.15) is 4.90 Å². The van der Waals surface area contributed by atoms with E-state index in [9.17, 15) is 13.2 Å². The smallest absolute Gasteiger partial charge is 0.263 e. The Balaban J connectivity index is 1.92. The molecule has 0 aromatic heterocycles. The predicted octanol–water partition coefficient (Wildman–Crippen LogP) is 6.01. The van der Waals surface area contributed by atoms with Gasteiger partial charge in [0, 0.05) is 11.3 Å². The number of benzene rings is 3. The van der Waals surface area contributed by atoms with Crippen LogP contribution in [0, 0.1) is 6.92 Å². The quantitative estimate of drug-likeness (QED) is 0.480. The highest BCUT2D eigenvalue weighted by molar-refractivity contribution is 7.92. The SMILES string of the molecule is Cc1cccc(NS(=O)(=O)c2cc(C(=O)Nc3c(Cl)cccc3Cl)ccc2Cl)c1. The number of rotatable bonds is 5. The predicted molar refractivity (Wildman–Crippen MR) is 118 cm³/mol. The first kappa shape index (κ1) is 21.5. The van der Waals surface area contributed by atoms with Crippen molar-refractivity contribution >= 4 is 62.1 Å². The average Bonchev–Trinajstić information content (AvgIpc) is 2.64. The molecule has 0 heterocycles. The number of hydrogen-bond acceptors (Lipinski definition) is 3. The maximum absolute atomic E-state index is 12.8. The second-order valence-corrected chi connectivity index (χ2v) is 9.04. The first-order valence-electron chi connectivity index (χ1n) is 8.32. The number of hydrogen-bond donors (Lipinski definition) is 2. The van der Waals surface area contributed by atoms with E-state index in [1.54, 1.807) is 36.4 Å². The third-order valence-electron chi connectivity index (χ3n) is 3.95. The Hall–Kier alpha value is -2.25. The molecule has 0 spiro atoms. The van der Waals surface area contributed by atoms with E-state index in [2.05, 4.69) is 10.0 Å². The number of anilines is 2. The topological polar surface area (TPSA) is 75.3 Å². The Kier molecular flexibility index (Phi) is 6.39. The van der Waals surface area contributed by atoms with Gasteiger partial charge in [-0.3, -0.25) is 9.52 Å². The fraction of sp³-hybridized carbons (Fsp3) is 0.0500. The lowest BCUT2D eigenvalue weighted by molar-refractivity contribution is 0.102. The summed E-state index contributed by atoms with van der Waals surface area (Å²) in [5, 5.41) is 3.09. The minimum atomic E-state index is -4.02. The van der Waals surface area contributed by atoms with Crippen molar-refractivity contribution in [3.63, 3.8) is 0 Å². The van der Waals surface area contributed by atoms with Gasteiger partial charge in [0.05, 0.1) is 20.8 Å². The standard InChI is InChI=1S/C20H15Cl3N2O3S/c1-12-4-2-5-14(10-12)25-29(27,28)18-11-13(8-9-15(18)21)20(26)24-19-16(22)6-3-7-17(19)23/h2-11,25H,1H3,(H,24,26). The van der Waals surface area contributed by atoms with Gasteiger partial charge in [0.25, 0.3) is 15.9 Å². The first-order chi connectivity index (χ1) is 13.7. The van der Waals surface area contributed by atoms with Gasteiger partial charge in [0.2, 0.25) is 0 Å². The van der Waals surface area contributed by atoms with E-state index in [1.165, 1.54) is 18.2 Å². The number of carbonyl (C=O) groups excluding carboxylic acids is 1. The van der Waals surface area contributed by atoms with Gasteiger partial charge in [-0.2, -0.15) is 0 Å². The van der Waals surface area contributed by atoms with Crippen LogP contribution < -0.4 is 10.0 Å². The Bertz CT molecular complexity index is 1180. The molecule has 0 bridgehead atoms. The number of sulfonamides is 1. The van der Waals surface area contributed by atoms with E-state index >= 15 is 0 Å². The zero-order valence-electron chi connectivity index (χ0n) is 15.0. The Labute approximate surface area is 183 Å². The highest BCUT2D eigenvalue weighted by Crippen LogP contribution is 2.31. The van der Waals surface area contributed by atoms with Crippen LogP contribution in [0.3, 0.4) is 0 Å². The van der Waals surface area contributed by atoms with Crippen molar-refractivity contribution in [2.45, 2.75) is 11.8 Å². The molecule has 2 N–H and O–H groups in total. The number of aryl methyl sites for hydroxylation is 1. The van der Waals surface area contributed by atoms with E-state index < -0.39 is 15.9 Å². The van der Waals surface area contributed by atoms with Gasteiger partial charge in [-0.25, -0.2) is 8.42 Å². The normalized spacial score (nSPS) is 11.2. The van der Waals surface area contributed by atoms with Crippen molar-refractivity contribution in [3.8, 4) is 0 Å². The summed E-state index contributed by atoms with van der Waals surface area (Å²) in [5.74, 6) is -0.580. The van der Waals surface area contributed by atoms with E-state index in [0.29, 0.717) is 5.69 Å². The molecule has 0 aliphatic carbocycles. The van der Waals surface area contributed by atoms with Gasteiger partial charge in [-0.1, -0.05) is 53.0 Å². The molecule has 0 radical (unpaired) electrons. The Morgan fingerprint density at radius 2 is 1.52 bits per heavy atom. The lowest BCUT2D eigenvalue weighted by atomic mass is 10.2. The lowest BCUT2D eigenvalue weighted by Crippen LogP contribution is -2.16. The summed E-state index contributed by atoms with van der Waals surface area (Å²) in [5.41, 5.74) is 1.59. The van der Waals surface area contributed by atoms with Crippen molar-refractivity contribution in [2.24, 2.45) is 0 Å². The molecule has 3 aromatic rings. The number of halogens is 3. The van der Waals surface area contributed by atoms with E-state index in [-0.39, 0.29) is 31.2 Å². The fourth-order valence-electron chi connectivity index (χ4n) is 2.57. The highest BCUT2D eigenvalue weighted by Gasteiger charge is 2.21. The van der Waals surface area contributed by atoms with E-state index in [4.69, 9.17) is 34.8 Å². The molecule has 0 unspecified atom stereocenters. The second kappa shape index (κ2) is 8.63. The molecule has 1 amide bonds. The minimum absolute atomic E-state index is 0.0162. The number of para-hydroxylation sites is 1. The van der Waals surface area contributed by atoms with Crippen LogP contribution in [0.2, 0.25) is 15.1 Å². The van der Waals surface area contributed by atoms with Crippen molar-refractivity contribution in [2.75, 3.05) is 10.0 Å². The molecule has 3 rings (SSSR count). The summed E-state index contributed by atoms with van der Waals surface area (Å²) < 4.78 is 28.1. The average molecular weight is 470 g/mol. The monoisotopic (exact) mass is 468 g/mol. The van der Waals surface area contributed by atoms with Crippen molar-refractivity contribution in [3.05, 3.63) is 86.9 Å². The van der Waals surface area contributed by atoms with Crippen LogP contribution in [0.1, 0.15) is 15.9 Å². The van der Waals surface area contributed by atoms with Crippen LogP contribution in [-0.4, -0.2) is 14.3 Å². The Morgan fingerprint density at radius 1 is 0.862 bits per heavy atom. The van der Waals surface area contributed by atoms with Gasteiger partial charge < -0.3 is 5.32 Å². The van der Waals surface area contributed by atoms with Crippen LogP contribution in [0.25, 0.3) is 0 Å². The summed E-state index contributed by atoms with van der Waals surface area (Å²) in [7, 11) is -4.02. The molecule has 29 heavy (non-hydrogen) atoms. The molecular formula is C20H15Cl3N2O3S. The third kappa shape index (κ3) is 5.03. The number of nitrogens with one attached hydrogen (secondary N) is 2. The molecule has 9 heteroatoms. The molecule has 5 nitrogen and oxygen atoms in total. The molecule has 3 aromatic carbocycles. The maximum Gasteiger partial charge on any atom is 0.263 e. The van der Waals surface area contributed by atoms with Crippen molar-refractivity contribution in [1.29, 1.82) is 0 Å². The van der Waals surface area contributed by atoms with Gasteiger partial charge >= 0.3 is 0 Å². The zero-order chi connectivity index (χ0) is 21.2. The van der Waals surface area contributed by atoms with E-state index in [1.807, 2.05) is 13.0 Å². The molecule has 0 aliphatic heterocycles. The zero-order valence-corrected chi connectivity index (χ0v) is 18.1. The first-order valence-corrected chi connectivity index (χ1v) is 10.9. The number of carbonyl (C=O) groups is 1. The summed E-state index contributed by atoms with van der Waals surface area (Å²) in [4.78, 5) is 12.4. The van der Waals surface area contributed by atoms with Crippen LogP contribution in [0.5, 0.6) is 0 Å². The summed E-state index contributed by atoms with van der Waals surface area (Å²) in [6.45, 7) is 1.84. The molecule has 150 valence electrons. The molecule has 0 atom stereocenters. The van der Waals surface area contributed by atoms with Crippen LogP contribution in [0.15, 0.2) is 65.6 Å². The van der Waals surface area contributed by atoms with Gasteiger partial charge in [-0.05, 0) is 55.0 Å². The number of amides is 1. The fourth-order valence-corrected chi connectivity index (χ4v) is 4.64. The summed E-state index contributed by atoms with van der Waals surface area (Å²) in [6, 6.07) is 15.6. The highest BCUT2D eigenvalue weighted by atomic mass is 35.5. The second-order valence-electron chi connectivity index (χ2n) is 6.17. The molecule has 0 saturated heterocycles. The molecule has 0 fully saturated rings. The molecule has 0 aliphatic rings. The largest absolute Gasteiger partial charge is 0.319 e. The van der Waals surface area contributed by atoms with Crippen LogP contribution in [-0.2, 0) is 10.0 Å². The van der Waals surface area contributed by atoms with Crippen LogP contribution >= 0.6 is 34.8 Å². The lowest BCUT2D eigenvalue weighted by Gasteiger charge is -2.13. The van der Waals surface area contributed by atoms with E-state index in [0.717, 1.165) is 5.56 Å². The Morgan fingerprint density at radius 3 is 2.17 bits per heavy atom. The van der Waals surface area contributed by atoms with Gasteiger partial charge in [0.15, 0.2) is 0 Å². The summed E-state index contributed by atoms with van der Waals surface area (Å²) >= 11 is 18.2. The molecular weight excluding hydrogens is 455 g/mol. The van der Waals surface area contributed by atoms with Gasteiger partial charge in [-0.15, -0.1) is 0 Å². The van der Waals surface area contributed by atoms with Crippen molar-refractivity contribution in [1.82, 2.24) is 0 Å². The minimum Gasteiger partial charge on any atom is -0.319 e. The van der Waals surface area contributed by atoms with Crippen molar-refractivity contribution < 1.29 is 13.2 Å². The van der Waals surface area contributed by atoms with Crippen LogP contribution in [0.4, 0.5) is 11.4 Å².